The number of hydrogen-bond acceptors (Lipinski definition) is 10. The summed E-state index contributed by atoms with van der Waals surface area (Å²) in [7, 11) is 1.23. The van der Waals surface area contributed by atoms with Crippen LogP contribution in [0.1, 0.15) is 78.0 Å². The minimum Gasteiger partial charge on any atom is -0.492 e. The molecule has 0 bridgehead atoms. The van der Waals surface area contributed by atoms with Crippen LogP contribution in [-0.2, 0) is 35.0 Å². The molecule has 4 rings (SSSR count). The van der Waals surface area contributed by atoms with Crippen molar-refractivity contribution in [2.24, 2.45) is 0 Å². The second-order valence-electron chi connectivity index (χ2n) is 13.5. The van der Waals surface area contributed by atoms with Gasteiger partial charge in [0.2, 0.25) is 11.8 Å². The molecule has 14 heteroatoms. The monoisotopic (exact) mass is 794 g/mol. The molecule has 13 nitrogen and oxygen atoms in total. The van der Waals surface area contributed by atoms with E-state index >= 15 is 0 Å². The van der Waals surface area contributed by atoms with E-state index < -0.39 is 35.7 Å². The van der Waals surface area contributed by atoms with Crippen LogP contribution in [0.25, 0.3) is 11.1 Å². The highest BCUT2D eigenvalue weighted by molar-refractivity contribution is 7.99. The molecule has 1 aliphatic carbocycles. The zero-order valence-electron chi connectivity index (χ0n) is 34.0. The van der Waals surface area contributed by atoms with Crippen molar-refractivity contribution in [2.75, 3.05) is 39.3 Å². The summed E-state index contributed by atoms with van der Waals surface area (Å²) in [6.07, 6.45) is -1.10. The third-order valence-electron chi connectivity index (χ3n) is 7.70. The maximum atomic E-state index is 12.6. The molecular weight excluding hydrogens is 737 g/mol. The van der Waals surface area contributed by atoms with Gasteiger partial charge in [0.15, 0.2) is 0 Å². The molecule has 56 heavy (non-hydrogen) atoms. The van der Waals surface area contributed by atoms with Gasteiger partial charge in [0.25, 0.3) is 0 Å². The predicted octanol–water partition coefficient (Wildman–Crippen LogP) is 6.58. The van der Waals surface area contributed by atoms with Gasteiger partial charge in [0, 0.05) is 24.5 Å². The number of nitrogens with one attached hydrogen (secondary N) is 4. The van der Waals surface area contributed by atoms with E-state index in [1.807, 2.05) is 62.4 Å². The van der Waals surface area contributed by atoms with Crippen LogP contribution in [0.3, 0.4) is 0 Å². The highest BCUT2D eigenvalue weighted by Crippen LogP contribution is 2.44. The molecule has 0 saturated heterocycles. The summed E-state index contributed by atoms with van der Waals surface area (Å²) in [6.45, 7) is 15.3. The Morgan fingerprint density at radius 3 is 1.93 bits per heavy atom. The van der Waals surface area contributed by atoms with Crippen LogP contribution in [0.2, 0.25) is 0 Å². The molecule has 1 aliphatic rings. The molecule has 306 valence electrons. The fourth-order valence-electron chi connectivity index (χ4n) is 5.29. The minimum atomic E-state index is -0.975. The lowest BCUT2D eigenvalue weighted by Crippen LogP contribution is -2.47. The van der Waals surface area contributed by atoms with Crippen LogP contribution in [0.15, 0.2) is 72.8 Å². The van der Waals surface area contributed by atoms with Crippen molar-refractivity contribution in [1.29, 1.82) is 0 Å². The van der Waals surface area contributed by atoms with Gasteiger partial charge in [-0.3, -0.25) is 9.59 Å². The number of esters is 1. The Kier molecular flexibility index (Phi) is 20.4. The zero-order chi connectivity index (χ0) is 41.7. The van der Waals surface area contributed by atoms with Crippen LogP contribution >= 0.6 is 11.8 Å². The second-order valence-corrected chi connectivity index (χ2v) is 15.1. The van der Waals surface area contributed by atoms with E-state index in [9.17, 15) is 24.0 Å². The van der Waals surface area contributed by atoms with Gasteiger partial charge >= 0.3 is 18.2 Å². The Morgan fingerprint density at radius 2 is 1.39 bits per heavy atom. The van der Waals surface area contributed by atoms with Crippen LogP contribution < -0.4 is 26.0 Å². The first-order valence-corrected chi connectivity index (χ1v) is 19.7. The SMILES string of the molecule is CC.CC(=O)NCSC(C)C.COC(=O)C(Cc1ccc(OCCNC(=O)OC(C)(C)C)cc1)NC(=O)CNC(=O)OCC1c2ccccc2-c2ccccc21. The molecular formula is C42H58N4O9S. The fourth-order valence-corrected chi connectivity index (χ4v) is 5.91. The summed E-state index contributed by atoms with van der Waals surface area (Å²) in [6, 6.07) is 22.0. The van der Waals surface area contributed by atoms with Gasteiger partial charge in [0.1, 0.15) is 37.2 Å². The van der Waals surface area contributed by atoms with Gasteiger partial charge in [0.05, 0.1) is 19.5 Å². The van der Waals surface area contributed by atoms with Gasteiger partial charge in [-0.15, -0.1) is 11.8 Å². The Morgan fingerprint density at radius 1 is 0.804 bits per heavy atom. The number of ether oxygens (including phenoxy) is 4. The van der Waals surface area contributed by atoms with Crippen LogP contribution in [-0.4, -0.2) is 86.2 Å². The molecule has 4 amide bonds. The molecule has 1 atom stereocenters. The lowest BCUT2D eigenvalue weighted by Gasteiger charge is -2.19. The third kappa shape index (κ3) is 17.1. The van der Waals surface area contributed by atoms with Crippen LogP contribution in [0.4, 0.5) is 9.59 Å². The van der Waals surface area contributed by atoms with Gasteiger partial charge in [-0.05, 0) is 60.7 Å². The molecule has 0 aromatic heterocycles. The van der Waals surface area contributed by atoms with Crippen LogP contribution in [0.5, 0.6) is 5.75 Å². The largest absolute Gasteiger partial charge is 0.492 e. The van der Waals surface area contributed by atoms with Crippen molar-refractivity contribution >= 4 is 41.7 Å². The van der Waals surface area contributed by atoms with Gasteiger partial charge in [-0.25, -0.2) is 14.4 Å². The zero-order valence-corrected chi connectivity index (χ0v) is 34.8. The number of alkyl carbamates (subject to hydrolysis) is 2. The molecule has 0 spiro atoms. The van der Waals surface area contributed by atoms with E-state index in [0.717, 1.165) is 33.7 Å². The average Bonchev–Trinajstić information content (AvgIpc) is 3.48. The van der Waals surface area contributed by atoms with E-state index in [-0.39, 0.29) is 44.5 Å². The number of hydrogen-bond donors (Lipinski definition) is 4. The average molecular weight is 795 g/mol. The predicted molar refractivity (Wildman–Crippen MR) is 220 cm³/mol. The first kappa shape index (κ1) is 46.9. The normalized spacial score (nSPS) is 11.8. The van der Waals surface area contributed by atoms with Crippen molar-refractivity contribution in [3.8, 4) is 16.9 Å². The lowest BCUT2D eigenvalue weighted by atomic mass is 9.98. The van der Waals surface area contributed by atoms with E-state index in [2.05, 4.69) is 35.1 Å². The molecule has 0 saturated carbocycles. The fraction of sp³-hybridized carbons (Fsp3) is 0.452. The summed E-state index contributed by atoms with van der Waals surface area (Å²) in [5, 5.41) is 11.0. The first-order valence-electron chi connectivity index (χ1n) is 18.7. The first-order chi connectivity index (χ1) is 26.7. The molecule has 0 heterocycles. The Bertz CT molecular complexity index is 1670. The standard InChI is InChI=1S/C34H39N3O8.C6H13NOS.C2H6/c1-34(2,3)45-33(41)35-17-18-43-23-15-13-22(14-16-23)19-29(31(39)42-4)37-30(38)20-36-32(40)44-21-28-26-11-7-5-9-24(26)25-10-6-8-12-27(25)28;1-5(2)9-4-7-6(3)8;1-2/h5-16,28-29H,17-21H2,1-4H3,(H,35,41)(H,36,40)(H,37,38);5H,4H2,1-3H3,(H,7,8);1-2H3. The number of rotatable bonds is 15. The molecule has 3 aromatic carbocycles. The van der Waals surface area contributed by atoms with Crippen LogP contribution in [0, 0.1) is 0 Å². The third-order valence-corrected chi connectivity index (χ3v) is 8.68. The topological polar surface area (TPSA) is 170 Å². The second kappa shape index (κ2) is 24.3. The number of thioether (sulfide) groups is 1. The Labute approximate surface area is 335 Å². The summed E-state index contributed by atoms with van der Waals surface area (Å²) < 4.78 is 21.2. The molecule has 0 aliphatic heterocycles. The van der Waals surface area contributed by atoms with E-state index in [1.54, 1.807) is 56.8 Å². The van der Waals surface area contributed by atoms with Gasteiger partial charge in [-0.2, -0.15) is 0 Å². The van der Waals surface area contributed by atoms with Gasteiger partial charge < -0.3 is 40.2 Å². The lowest BCUT2D eigenvalue weighted by molar-refractivity contribution is -0.144. The number of amides is 4. The highest BCUT2D eigenvalue weighted by Gasteiger charge is 2.29. The summed E-state index contributed by atoms with van der Waals surface area (Å²) in [4.78, 5) is 59.5. The molecule has 4 N–H and O–H groups in total. The minimum absolute atomic E-state index is 0.0446. The van der Waals surface area contributed by atoms with Crippen molar-refractivity contribution in [2.45, 2.75) is 84.6 Å². The highest BCUT2D eigenvalue weighted by atomic mass is 32.2. The summed E-state index contributed by atoms with van der Waals surface area (Å²) in [5.74, 6) is 0.0343. The Hall–Kier alpha value is -5.24. The number of benzene rings is 3. The molecule has 0 radical (unpaired) electrons. The van der Waals surface area contributed by atoms with Gasteiger partial charge in [-0.1, -0.05) is 88.4 Å². The van der Waals surface area contributed by atoms with Crippen molar-refractivity contribution < 1.29 is 42.9 Å². The number of carbonyl (C=O) groups is 5. The molecule has 0 fully saturated rings. The van der Waals surface area contributed by atoms with E-state index in [4.69, 9.17) is 18.9 Å². The van der Waals surface area contributed by atoms with Crippen molar-refractivity contribution in [3.05, 3.63) is 89.5 Å². The smallest absolute Gasteiger partial charge is 0.407 e. The quantitative estimate of drug-likeness (QED) is 0.0571. The number of fused-ring (bicyclic) bond motifs is 3. The number of methoxy groups -OCH3 is 1. The van der Waals surface area contributed by atoms with E-state index in [1.165, 1.54) is 14.0 Å². The van der Waals surface area contributed by atoms with E-state index in [0.29, 0.717) is 11.0 Å². The maximum Gasteiger partial charge on any atom is 0.407 e. The summed E-state index contributed by atoms with van der Waals surface area (Å²) in [5.41, 5.74) is 4.56. The summed E-state index contributed by atoms with van der Waals surface area (Å²) >= 11 is 1.73. The van der Waals surface area contributed by atoms with Crippen molar-refractivity contribution in [3.63, 3.8) is 0 Å². The van der Waals surface area contributed by atoms with Crippen molar-refractivity contribution in [1.82, 2.24) is 21.3 Å². The molecule has 1 unspecified atom stereocenters. The Balaban J connectivity index is 0.000000865. The maximum absolute atomic E-state index is 12.6. The number of carbonyl (C=O) groups excluding carboxylic acids is 5. The molecule has 3 aromatic rings.